The van der Waals surface area contributed by atoms with Crippen LogP contribution in [-0.4, -0.2) is 33.9 Å². The van der Waals surface area contributed by atoms with Gasteiger partial charge in [-0.25, -0.2) is 4.79 Å². The van der Waals surface area contributed by atoms with Crippen molar-refractivity contribution in [3.8, 4) is 0 Å². The molecule has 0 bridgehead atoms. The van der Waals surface area contributed by atoms with E-state index < -0.39 is 22.8 Å². The van der Waals surface area contributed by atoms with E-state index in [1.54, 1.807) is 30.3 Å². The molecule has 0 heterocycles. The van der Waals surface area contributed by atoms with Crippen LogP contribution in [0.15, 0.2) is 54.6 Å². The molecule has 23 heavy (non-hydrogen) atoms. The first kappa shape index (κ1) is 16.2. The number of hydrogen-bond acceptors (Lipinski definition) is 4. The lowest BCUT2D eigenvalue weighted by Crippen LogP contribution is -2.35. The van der Waals surface area contributed by atoms with E-state index >= 15 is 0 Å². The van der Waals surface area contributed by atoms with E-state index in [0.717, 1.165) is 4.90 Å². The number of benzene rings is 2. The summed E-state index contributed by atoms with van der Waals surface area (Å²) in [5.74, 6) is -1.69. The zero-order valence-corrected chi connectivity index (χ0v) is 12.2. The molecule has 0 fully saturated rings. The van der Waals surface area contributed by atoms with Gasteiger partial charge in [-0.15, -0.1) is 0 Å². The predicted molar refractivity (Wildman–Crippen MR) is 82.0 cm³/mol. The Bertz CT molecular complexity index is 728. The number of carboxylic acid groups (broad SMARTS) is 1. The van der Waals surface area contributed by atoms with E-state index in [1.807, 2.05) is 0 Å². The molecule has 1 amide bonds. The number of carbonyl (C=O) groups is 2. The van der Waals surface area contributed by atoms with Gasteiger partial charge in [0.15, 0.2) is 6.04 Å². The largest absolute Gasteiger partial charge is 0.479 e. The van der Waals surface area contributed by atoms with Gasteiger partial charge in [0.05, 0.1) is 4.92 Å². The number of likely N-dealkylation sites (N-methyl/N-ethyl adjacent to an activating group) is 1. The topological polar surface area (TPSA) is 101 Å². The monoisotopic (exact) mass is 314 g/mol. The summed E-state index contributed by atoms with van der Waals surface area (Å²) in [5.41, 5.74) is 0.514. The number of nitro benzene ring substituents is 1. The Labute approximate surface area is 131 Å². The molecule has 0 aliphatic rings. The lowest BCUT2D eigenvalue weighted by Gasteiger charge is -2.25. The maximum Gasteiger partial charge on any atom is 0.331 e. The number of nitro groups is 1. The molecule has 0 spiro atoms. The molecule has 2 rings (SSSR count). The van der Waals surface area contributed by atoms with Gasteiger partial charge in [-0.3, -0.25) is 14.9 Å². The summed E-state index contributed by atoms with van der Waals surface area (Å²) in [5, 5.41) is 20.1. The molecule has 0 aromatic heterocycles. The molecule has 0 saturated heterocycles. The first-order valence-corrected chi connectivity index (χ1v) is 6.71. The number of carbonyl (C=O) groups excluding carboxylic acids is 1. The molecular formula is C16H14N2O5. The Morgan fingerprint density at radius 1 is 1.09 bits per heavy atom. The standard InChI is InChI=1S/C16H14N2O5/c1-17(14(16(20)21)11-5-3-2-4-6-11)15(19)12-7-9-13(10-8-12)18(22)23/h2-10,14H,1H3,(H,20,21). The first-order chi connectivity index (χ1) is 10.9. The molecule has 0 radical (unpaired) electrons. The lowest BCUT2D eigenvalue weighted by atomic mass is 10.0. The van der Waals surface area contributed by atoms with Crippen molar-refractivity contribution in [3.63, 3.8) is 0 Å². The van der Waals surface area contributed by atoms with Crippen molar-refractivity contribution in [1.29, 1.82) is 0 Å². The summed E-state index contributed by atoms with van der Waals surface area (Å²) in [7, 11) is 1.38. The van der Waals surface area contributed by atoms with Gasteiger partial charge in [0.2, 0.25) is 0 Å². The van der Waals surface area contributed by atoms with Crippen molar-refractivity contribution in [1.82, 2.24) is 4.90 Å². The number of amides is 1. The summed E-state index contributed by atoms with van der Waals surface area (Å²) >= 11 is 0. The molecule has 1 N–H and O–H groups in total. The van der Waals surface area contributed by atoms with Crippen LogP contribution < -0.4 is 0 Å². The van der Waals surface area contributed by atoms with E-state index in [4.69, 9.17) is 0 Å². The predicted octanol–water partition coefficient (Wildman–Crippen LogP) is 2.49. The van der Waals surface area contributed by atoms with E-state index in [0.29, 0.717) is 5.56 Å². The Balaban J connectivity index is 2.29. The van der Waals surface area contributed by atoms with Gasteiger partial charge in [0.1, 0.15) is 0 Å². The van der Waals surface area contributed by atoms with Gasteiger partial charge < -0.3 is 10.0 Å². The van der Waals surface area contributed by atoms with Crippen molar-refractivity contribution in [2.24, 2.45) is 0 Å². The second kappa shape index (κ2) is 6.69. The van der Waals surface area contributed by atoms with Crippen LogP contribution in [0.4, 0.5) is 5.69 Å². The lowest BCUT2D eigenvalue weighted by molar-refractivity contribution is -0.384. The van der Waals surface area contributed by atoms with Crippen LogP contribution >= 0.6 is 0 Å². The van der Waals surface area contributed by atoms with E-state index in [-0.39, 0.29) is 11.3 Å². The molecule has 0 saturated carbocycles. The maximum atomic E-state index is 12.4. The number of rotatable bonds is 5. The summed E-state index contributed by atoms with van der Waals surface area (Å²) in [6, 6.07) is 12.3. The number of non-ortho nitro benzene ring substituents is 1. The van der Waals surface area contributed by atoms with Crippen molar-refractivity contribution in [2.75, 3.05) is 7.05 Å². The minimum Gasteiger partial charge on any atom is -0.479 e. The molecule has 7 heteroatoms. The number of nitrogens with zero attached hydrogens (tertiary/aromatic N) is 2. The summed E-state index contributed by atoms with van der Waals surface area (Å²) < 4.78 is 0. The molecule has 2 aromatic carbocycles. The minimum atomic E-state index is -1.16. The van der Waals surface area contributed by atoms with E-state index in [9.17, 15) is 24.8 Å². The number of aliphatic carboxylic acids is 1. The van der Waals surface area contributed by atoms with Crippen LogP contribution in [0.3, 0.4) is 0 Å². The first-order valence-electron chi connectivity index (χ1n) is 6.71. The zero-order chi connectivity index (χ0) is 17.0. The van der Waals surface area contributed by atoms with Crippen LogP contribution in [0.25, 0.3) is 0 Å². The fourth-order valence-corrected chi connectivity index (χ4v) is 2.21. The molecule has 7 nitrogen and oxygen atoms in total. The Hall–Kier alpha value is -3.22. The maximum absolute atomic E-state index is 12.4. The number of carboxylic acids is 1. The molecular weight excluding hydrogens is 300 g/mol. The van der Waals surface area contributed by atoms with E-state index in [1.165, 1.54) is 31.3 Å². The summed E-state index contributed by atoms with van der Waals surface area (Å²) in [6.45, 7) is 0. The van der Waals surface area contributed by atoms with Crippen molar-refractivity contribution < 1.29 is 19.6 Å². The summed E-state index contributed by atoms with van der Waals surface area (Å²) in [6.07, 6.45) is 0. The average Bonchev–Trinajstić information content (AvgIpc) is 2.55. The van der Waals surface area contributed by atoms with E-state index in [2.05, 4.69) is 0 Å². The fraction of sp³-hybridized carbons (Fsp3) is 0.125. The Morgan fingerprint density at radius 3 is 2.13 bits per heavy atom. The highest BCUT2D eigenvalue weighted by Crippen LogP contribution is 2.22. The van der Waals surface area contributed by atoms with Crippen LogP contribution in [0.2, 0.25) is 0 Å². The fourth-order valence-electron chi connectivity index (χ4n) is 2.21. The second-order valence-electron chi connectivity index (χ2n) is 4.87. The van der Waals surface area contributed by atoms with Gasteiger partial charge in [-0.05, 0) is 17.7 Å². The smallest absolute Gasteiger partial charge is 0.331 e. The van der Waals surface area contributed by atoms with Crippen molar-refractivity contribution >= 4 is 17.6 Å². The normalized spacial score (nSPS) is 11.5. The molecule has 0 aliphatic carbocycles. The van der Waals surface area contributed by atoms with Crippen molar-refractivity contribution in [2.45, 2.75) is 6.04 Å². The molecule has 1 atom stereocenters. The molecule has 2 aromatic rings. The van der Waals surface area contributed by atoms with Gasteiger partial charge in [-0.2, -0.15) is 0 Å². The van der Waals surface area contributed by atoms with Crippen LogP contribution in [0.5, 0.6) is 0 Å². The quantitative estimate of drug-likeness (QED) is 0.675. The molecule has 0 aliphatic heterocycles. The van der Waals surface area contributed by atoms with Crippen LogP contribution in [0, 0.1) is 10.1 Å². The zero-order valence-electron chi connectivity index (χ0n) is 12.2. The third-order valence-electron chi connectivity index (χ3n) is 3.38. The third kappa shape index (κ3) is 3.52. The third-order valence-corrected chi connectivity index (χ3v) is 3.38. The average molecular weight is 314 g/mol. The van der Waals surface area contributed by atoms with Crippen LogP contribution in [-0.2, 0) is 4.79 Å². The second-order valence-corrected chi connectivity index (χ2v) is 4.87. The highest BCUT2D eigenvalue weighted by atomic mass is 16.6. The minimum absolute atomic E-state index is 0.137. The Kier molecular flexibility index (Phi) is 4.70. The molecule has 118 valence electrons. The van der Waals surface area contributed by atoms with Crippen molar-refractivity contribution in [3.05, 3.63) is 75.8 Å². The highest BCUT2D eigenvalue weighted by Gasteiger charge is 2.28. The Morgan fingerprint density at radius 2 is 1.65 bits per heavy atom. The van der Waals surface area contributed by atoms with Gasteiger partial charge in [-0.1, -0.05) is 30.3 Å². The SMILES string of the molecule is CN(C(=O)c1ccc([N+](=O)[O-])cc1)C(C(=O)O)c1ccccc1. The summed E-state index contributed by atoms with van der Waals surface area (Å²) in [4.78, 5) is 35.1. The highest BCUT2D eigenvalue weighted by molar-refractivity contribution is 5.96. The van der Waals surface area contributed by atoms with Gasteiger partial charge >= 0.3 is 5.97 Å². The van der Waals surface area contributed by atoms with Crippen LogP contribution in [0.1, 0.15) is 22.0 Å². The van der Waals surface area contributed by atoms with Gasteiger partial charge in [0.25, 0.3) is 11.6 Å². The molecule has 1 unspecified atom stereocenters. The number of hydrogen-bond donors (Lipinski definition) is 1. The van der Waals surface area contributed by atoms with Gasteiger partial charge in [0, 0.05) is 24.7 Å².